The molecule has 1 amide bonds. The molecular weight excluding hydrogens is 279 g/mol. The topological polar surface area (TPSA) is 41.1 Å². The highest BCUT2D eigenvalue weighted by atomic mass is 19.1. The Labute approximate surface area is 127 Å². The Hall–Kier alpha value is -2.88. The first-order valence-corrected chi connectivity index (χ1v) is 6.99. The van der Waals surface area contributed by atoms with Crippen molar-refractivity contribution in [1.82, 2.24) is 0 Å². The Balaban J connectivity index is 1.62. The standard InChI is InChI=1S/C18H15FN2O/c19-15-6-3-7-17(11-15)21-18(22)12-20-16-9-8-13-4-1-2-5-14(13)10-16/h1-11,20H,12H2,(H,21,22). The third-order valence-electron chi connectivity index (χ3n) is 3.31. The number of benzene rings is 3. The van der Waals surface area contributed by atoms with Crippen LogP contribution in [0, 0.1) is 5.82 Å². The van der Waals surface area contributed by atoms with Crippen LogP contribution in [0.2, 0.25) is 0 Å². The van der Waals surface area contributed by atoms with Crippen molar-refractivity contribution in [1.29, 1.82) is 0 Å². The summed E-state index contributed by atoms with van der Waals surface area (Å²) in [6, 6.07) is 19.8. The maximum Gasteiger partial charge on any atom is 0.243 e. The van der Waals surface area contributed by atoms with E-state index in [4.69, 9.17) is 0 Å². The van der Waals surface area contributed by atoms with Crippen molar-refractivity contribution in [3.05, 3.63) is 72.5 Å². The summed E-state index contributed by atoms with van der Waals surface area (Å²) < 4.78 is 13.0. The number of carbonyl (C=O) groups is 1. The molecule has 0 radical (unpaired) electrons. The summed E-state index contributed by atoms with van der Waals surface area (Å²) >= 11 is 0. The molecule has 0 unspecified atom stereocenters. The summed E-state index contributed by atoms with van der Waals surface area (Å²) in [5, 5.41) is 7.97. The number of hydrogen-bond acceptors (Lipinski definition) is 2. The van der Waals surface area contributed by atoms with E-state index in [2.05, 4.69) is 10.6 Å². The van der Waals surface area contributed by atoms with Gasteiger partial charge in [0.2, 0.25) is 5.91 Å². The zero-order valence-corrected chi connectivity index (χ0v) is 11.8. The van der Waals surface area contributed by atoms with Crippen LogP contribution in [0.3, 0.4) is 0 Å². The lowest BCUT2D eigenvalue weighted by atomic mass is 10.1. The molecule has 0 saturated heterocycles. The number of amides is 1. The summed E-state index contributed by atoms with van der Waals surface area (Å²) in [7, 11) is 0. The van der Waals surface area contributed by atoms with Crippen molar-refractivity contribution in [3.8, 4) is 0 Å². The Morgan fingerprint density at radius 3 is 2.50 bits per heavy atom. The fraction of sp³-hybridized carbons (Fsp3) is 0.0556. The highest BCUT2D eigenvalue weighted by molar-refractivity contribution is 5.94. The number of rotatable bonds is 4. The average molecular weight is 294 g/mol. The van der Waals surface area contributed by atoms with E-state index in [0.717, 1.165) is 16.5 Å². The van der Waals surface area contributed by atoms with Gasteiger partial charge in [-0.25, -0.2) is 4.39 Å². The summed E-state index contributed by atoms with van der Waals surface area (Å²) in [5.41, 5.74) is 1.32. The molecule has 0 spiro atoms. The molecule has 110 valence electrons. The minimum absolute atomic E-state index is 0.120. The third kappa shape index (κ3) is 3.41. The van der Waals surface area contributed by atoms with Crippen molar-refractivity contribution >= 4 is 28.1 Å². The molecule has 3 aromatic rings. The van der Waals surface area contributed by atoms with Crippen LogP contribution in [0.5, 0.6) is 0 Å². The van der Waals surface area contributed by atoms with Gasteiger partial charge in [-0.3, -0.25) is 4.79 Å². The monoisotopic (exact) mass is 294 g/mol. The maximum absolute atomic E-state index is 13.0. The van der Waals surface area contributed by atoms with Crippen LogP contribution in [0.25, 0.3) is 10.8 Å². The molecule has 0 fully saturated rings. The van der Waals surface area contributed by atoms with E-state index in [1.54, 1.807) is 12.1 Å². The minimum Gasteiger partial charge on any atom is -0.376 e. The molecule has 4 heteroatoms. The second-order valence-electron chi connectivity index (χ2n) is 4.97. The number of nitrogens with one attached hydrogen (secondary N) is 2. The van der Waals surface area contributed by atoms with E-state index >= 15 is 0 Å². The molecule has 0 saturated carbocycles. The Morgan fingerprint density at radius 2 is 1.68 bits per heavy atom. The molecule has 0 aliphatic carbocycles. The van der Waals surface area contributed by atoms with Crippen LogP contribution < -0.4 is 10.6 Å². The van der Waals surface area contributed by atoms with E-state index in [-0.39, 0.29) is 18.3 Å². The van der Waals surface area contributed by atoms with Gasteiger partial charge in [0.1, 0.15) is 5.82 Å². The van der Waals surface area contributed by atoms with Crippen LogP contribution in [0.4, 0.5) is 15.8 Å². The lowest BCUT2D eigenvalue weighted by Crippen LogP contribution is -2.21. The average Bonchev–Trinajstić information content (AvgIpc) is 2.53. The van der Waals surface area contributed by atoms with Crippen LogP contribution >= 0.6 is 0 Å². The van der Waals surface area contributed by atoms with Gasteiger partial charge in [-0.05, 0) is 41.1 Å². The zero-order valence-electron chi connectivity index (χ0n) is 11.8. The normalized spacial score (nSPS) is 10.4. The lowest BCUT2D eigenvalue weighted by molar-refractivity contribution is -0.114. The quantitative estimate of drug-likeness (QED) is 0.762. The molecule has 3 aromatic carbocycles. The van der Waals surface area contributed by atoms with E-state index < -0.39 is 0 Å². The highest BCUT2D eigenvalue weighted by Gasteiger charge is 2.03. The molecular formula is C18H15FN2O. The summed E-state index contributed by atoms with van der Waals surface area (Å²) in [6.45, 7) is 0.120. The van der Waals surface area contributed by atoms with Gasteiger partial charge in [-0.2, -0.15) is 0 Å². The second kappa shape index (κ2) is 6.26. The van der Waals surface area contributed by atoms with Gasteiger partial charge in [0.25, 0.3) is 0 Å². The molecule has 0 atom stereocenters. The van der Waals surface area contributed by atoms with Gasteiger partial charge in [-0.1, -0.05) is 36.4 Å². The van der Waals surface area contributed by atoms with Crippen molar-refractivity contribution in [2.45, 2.75) is 0 Å². The molecule has 0 heterocycles. The van der Waals surface area contributed by atoms with Crippen molar-refractivity contribution in [3.63, 3.8) is 0 Å². The SMILES string of the molecule is O=C(CNc1ccc2ccccc2c1)Nc1cccc(F)c1. The van der Waals surface area contributed by atoms with Crippen molar-refractivity contribution in [2.24, 2.45) is 0 Å². The van der Waals surface area contributed by atoms with E-state index in [0.29, 0.717) is 5.69 Å². The number of carbonyl (C=O) groups excluding carboxylic acids is 1. The van der Waals surface area contributed by atoms with E-state index in [9.17, 15) is 9.18 Å². The van der Waals surface area contributed by atoms with Crippen LogP contribution in [-0.4, -0.2) is 12.5 Å². The van der Waals surface area contributed by atoms with Gasteiger partial charge < -0.3 is 10.6 Å². The van der Waals surface area contributed by atoms with Crippen LogP contribution in [0.1, 0.15) is 0 Å². The van der Waals surface area contributed by atoms with E-state index in [1.807, 2.05) is 42.5 Å². The van der Waals surface area contributed by atoms with Crippen LogP contribution in [-0.2, 0) is 4.79 Å². The predicted molar refractivity (Wildman–Crippen MR) is 87.5 cm³/mol. The zero-order chi connectivity index (χ0) is 15.4. The van der Waals surface area contributed by atoms with Gasteiger partial charge in [0.15, 0.2) is 0 Å². The summed E-state index contributed by atoms with van der Waals surface area (Å²) in [4.78, 5) is 11.9. The Kier molecular flexibility index (Phi) is 4.01. The number of halogens is 1. The molecule has 3 rings (SSSR count). The van der Waals surface area contributed by atoms with Gasteiger partial charge in [0, 0.05) is 11.4 Å². The third-order valence-corrected chi connectivity index (χ3v) is 3.31. The molecule has 0 aliphatic heterocycles. The van der Waals surface area contributed by atoms with E-state index in [1.165, 1.54) is 12.1 Å². The molecule has 0 bridgehead atoms. The highest BCUT2D eigenvalue weighted by Crippen LogP contribution is 2.18. The van der Waals surface area contributed by atoms with Crippen molar-refractivity contribution in [2.75, 3.05) is 17.2 Å². The summed E-state index contributed by atoms with van der Waals surface area (Å²) in [6.07, 6.45) is 0. The van der Waals surface area contributed by atoms with Crippen LogP contribution in [0.15, 0.2) is 66.7 Å². The first kappa shape index (κ1) is 14.1. The molecule has 2 N–H and O–H groups in total. The first-order chi connectivity index (χ1) is 10.7. The molecule has 0 aromatic heterocycles. The largest absolute Gasteiger partial charge is 0.376 e. The predicted octanol–water partition coefficient (Wildman–Crippen LogP) is 4.03. The van der Waals surface area contributed by atoms with Gasteiger partial charge in [0.05, 0.1) is 6.54 Å². The molecule has 22 heavy (non-hydrogen) atoms. The number of hydrogen-bond donors (Lipinski definition) is 2. The Bertz CT molecular complexity index is 817. The molecule has 3 nitrogen and oxygen atoms in total. The minimum atomic E-state index is -0.375. The van der Waals surface area contributed by atoms with Gasteiger partial charge in [-0.15, -0.1) is 0 Å². The fourth-order valence-electron chi connectivity index (χ4n) is 2.25. The van der Waals surface area contributed by atoms with Crippen molar-refractivity contribution < 1.29 is 9.18 Å². The number of anilines is 2. The summed E-state index contributed by atoms with van der Waals surface area (Å²) in [5.74, 6) is -0.598. The molecule has 0 aliphatic rings. The second-order valence-corrected chi connectivity index (χ2v) is 4.97. The maximum atomic E-state index is 13.0. The van der Waals surface area contributed by atoms with Gasteiger partial charge >= 0.3 is 0 Å². The fourth-order valence-corrected chi connectivity index (χ4v) is 2.25. The first-order valence-electron chi connectivity index (χ1n) is 6.99. The lowest BCUT2D eigenvalue weighted by Gasteiger charge is -2.09. The Morgan fingerprint density at radius 1 is 0.864 bits per heavy atom. The smallest absolute Gasteiger partial charge is 0.243 e. The number of fused-ring (bicyclic) bond motifs is 1.